The van der Waals surface area contributed by atoms with Crippen LogP contribution in [0.2, 0.25) is 10.0 Å². The van der Waals surface area contributed by atoms with E-state index < -0.39 is 0 Å². The first-order valence-electron chi connectivity index (χ1n) is 8.91. The van der Waals surface area contributed by atoms with Gasteiger partial charge in [-0.05, 0) is 61.0 Å². The first-order chi connectivity index (χ1) is 14.0. The maximum Gasteiger partial charge on any atom is 0.280 e. The topological polar surface area (TPSA) is 41.9 Å². The maximum absolute atomic E-state index is 12.9. The van der Waals surface area contributed by atoms with Gasteiger partial charge >= 0.3 is 0 Å². The zero-order valence-electron chi connectivity index (χ0n) is 15.5. The highest BCUT2D eigenvalue weighted by Gasteiger charge is 2.30. The van der Waals surface area contributed by atoms with Crippen molar-refractivity contribution in [2.45, 2.75) is 6.92 Å². The SMILES string of the molecule is CC1=NN(c2cc(Cl)ccc2Cl)C(=O)/C1=C\c1ccc(Oc2ccccc2)cc1. The molecule has 0 atom stereocenters. The van der Waals surface area contributed by atoms with E-state index in [1.54, 1.807) is 31.2 Å². The molecule has 29 heavy (non-hydrogen) atoms. The van der Waals surface area contributed by atoms with Crippen LogP contribution in [0.5, 0.6) is 11.5 Å². The van der Waals surface area contributed by atoms with Crippen LogP contribution in [-0.2, 0) is 4.79 Å². The Morgan fingerprint density at radius 3 is 2.34 bits per heavy atom. The highest BCUT2D eigenvalue weighted by molar-refractivity contribution is 6.38. The second kappa shape index (κ2) is 8.11. The average molecular weight is 423 g/mol. The van der Waals surface area contributed by atoms with Gasteiger partial charge < -0.3 is 4.74 Å². The molecule has 0 spiro atoms. The van der Waals surface area contributed by atoms with Crippen molar-refractivity contribution in [1.29, 1.82) is 0 Å². The van der Waals surface area contributed by atoms with Gasteiger partial charge in [-0.3, -0.25) is 4.79 Å². The van der Waals surface area contributed by atoms with Gasteiger partial charge in [0.1, 0.15) is 11.5 Å². The quantitative estimate of drug-likeness (QED) is 0.444. The number of halogens is 2. The van der Waals surface area contributed by atoms with Gasteiger partial charge in [0.25, 0.3) is 5.91 Å². The van der Waals surface area contributed by atoms with Crippen LogP contribution in [0.15, 0.2) is 83.5 Å². The minimum atomic E-state index is -0.253. The predicted molar refractivity (Wildman–Crippen MR) is 118 cm³/mol. The predicted octanol–water partition coefficient (Wildman–Crippen LogP) is 6.59. The lowest BCUT2D eigenvalue weighted by atomic mass is 10.1. The molecule has 0 aliphatic carbocycles. The van der Waals surface area contributed by atoms with E-state index in [1.807, 2.05) is 54.6 Å². The Hall–Kier alpha value is -3.08. The Bertz CT molecular complexity index is 1120. The zero-order valence-corrected chi connectivity index (χ0v) is 17.0. The van der Waals surface area contributed by atoms with Crippen LogP contribution in [-0.4, -0.2) is 11.6 Å². The number of para-hydroxylation sites is 1. The fourth-order valence-corrected chi connectivity index (χ4v) is 3.28. The number of hydrazone groups is 1. The van der Waals surface area contributed by atoms with Gasteiger partial charge in [-0.25, -0.2) is 0 Å². The largest absolute Gasteiger partial charge is 0.457 e. The standard InChI is InChI=1S/C23H16Cl2N2O2/c1-15-20(23(28)27(26-15)22-14-17(24)9-12-21(22)25)13-16-7-10-19(11-8-16)29-18-5-3-2-4-6-18/h2-14H,1H3/b20-13-. The number of hydrogen-bond acceptors (Lipinski definition) is 3. The van der Waals surface area contributed by atoms with E-state index in [-0.39, 0.29) is 5.91 Å². The van der Waals surface area contributed by atoms with Crippen LogP contribution in [0.25, 0.3) is 6.08 Å². The van der Waals surface area contributed by atoms with E-state index >= 15 is 0 Å². The van der Waals surface area contributed by atoms with E-state index in [9.17, 15) is 4.79 Å². The van der Waals surface area contributed by atoms with E-state index in [4.69, 9.17) is 27.9 Å². The van der Waals surface area contributed by atoms with Crippen LogP contribution in [0.1, 0.15) is 12.5 Å². The van der Waals surface area contributed by atoms with Crippen LogP contribution in [0.3, 0.4) is 0 Å². The molecular formula is C23H16Cl2N2O2. The van der Waals surface area contributed by atoms with E-state index in [0.717, 1.165) is 11.3 Å². The number of carbonyl (C=O) groups is 1. The highest BCUT2D eigenvalue weighted by Crippen LogP contribution is 2.33. The average Bonchev–Trinajstić information content (AvgIpc) is 3.00. The summed E-state index contributed by atoms with van der Waals surface area (Å²) in [5.41, 5.74) is 2.43. The number of benzene rings is 3. The Balaban J connectivity index is 1.56. The molecule has 0 saturated heterocycles. The van der Waals surface area contributed by atoms with Crippen molar-refractivity contribution < 1.29 is 9.53 Å². The first kappa shape index (κ1) is 19.2. The van der Waals surface area contributed by atoms with Gasteiger partial charge in [0.2, 0.25) is 0 Å². The molecular weight excluding hydrogens is 407 g/mol. The van der Waals surface area contributed by atoms with Crippen molar-refractivity contribution in [3.8, 4) is 11.5 Å². The van der Waals surface area contributed by atoms with Gasteiger partial charge in [-0.2, -0.15) is 10.1 Å². The number of ether oxygens (including phenoxy) is 1. The van der Waals surface area contributed by atoms with E-state index in [2.05, 4.69) is 5.10 Å². The van der Waals surface area contributed by atoms with Crippen molar-refractivity contribution in [1.82, 2.24) is 0 Å². The molecule has 0 bridgehead atoms. The molecule has 0 unspecified atom stereocenters. The first-order valence-corrected chi connectivity index (χ1v) is 9.66. The molecule has 6 heteroatoms. The molecule has 1 aliphatic heterocycles. The molecule has 0 radical (unpaired) electrons. The van der Waals surface area contributed by atoms with Crippen LogP contribution < -0.4 is 9.75 Å². The summed E-state index contributed by atoms with van der Waals surface area (Å²) in [5, 5.41) is 6.53. The monoisotopic (exact) mass is 422 g/mol. The lowest BCUT2D eigenvalue weighted by Gasteiger charge is -2.13. The summed E-state index contributed by atoms with van der Waals surface area (Å²) < 4.78 is 5.80. The number of hydrogen-bond donors (Lipinski definition) is 0. The van der Waals surface area contributed by atoms with Crippen molar-refractivity contribution >= 4 is 46.6 Å². The van der Waals surface area contributed by atoms with Crippen LogP contribution in [0.4, 0.5) is 5.69 Å². The van der Waals surface area contributed by atoms with E-state index in [0.29, 0.717) is 32.8 Å². The lowest BCUT2D eigenvalue weighted by Crippen LogP contribution is -2.21. The Kier molecular flexibility index (Phi) is 5.38. The smallest absolute Gasteiger partial charge is 0.280 e. The summed E-state index contributed by atoms with van der Waals surface area (Å²) in [6, 6.07) is 22.0. The second-order valence-corrected chi connectivity index (χ2v) is 7.28. The highest BCUT2D eigenvalue weighted by atomic mass is 35.5. The molecule has 4 rings (SSSR count). The molecule has 1 aliphatic rings. The van der Waals surface area contributed by atoms with Crippen LogP contribution in [0, 0.1) is 0 Å². The molecule has 3 aromatic rings. The molecule has 144 valence electrons. The van der Waals surface area contributed by atoms with E-state index in [1.165, 1.54) is 5.01 Å². The normalized spacial score (nSPS) is 15.0. The van der Waals surface area contributed by atoms with Gasteiger partial charge in [-0.15, -0.1) is 0 Å². The van der Waals surface area contributed by atoms with Gasteiger partial charge in [-0.1, -0.05) is 53.5 Å². The molecule has 0 N–H and O–H groups in total. The summed E-state index contributed by atoms with van der Waals surface area (Å²) in [4.78, 5) is 12.9. The fraction of sp³-hybridized carbons (Fsp3) is 0.0435. The van der Waals surface area contributed by atoms with Crippen molar-refractivity contribution in [3.05, 3.63) is 94.0 Å². The Morgan fingerprint density at radius 1 is 0.931 bits per heavy atom. The summed E-state index contributed by atoms with van der Waals surface area (Å²) >= 11 is 12.3. The molecule has 1 heterocycles. The van der Waals surface area contributed by atoms with Gasteiger partial charge in [0, 0.05) is 5.02 Å². The molecule has 1 amide bonds. The molecule has 4 nitrogen and oxygen atoms in total. The minimum Gasteiger partial charge on any atom is -0.457 e. The Morgan fingerprint density at radius 2 is 1.62 bits per heavy atom. The molecule has 0 aromatic heterocycles. The molecule has 0 fully saturated rings. The minimum absolute atomic E-state index is 0.253. The van der Waals surface area contributed by atoms with Crippen molar-refractivity contribution in [2.75, 3.05) is 5.01 Å². The number of amides is 1. The lowest BCUT2D eigenvalue weighted by molar-refractivity contribution is -0.114. The second-order valence-electron chi connectivity index (χ2n) is 6.44. The number of nitrogens with zero attached hydrogens (tertiary/aromatic N) is 2. The summed E-state index contributed by atoms with van der Waals surface area (Å²) in [6.07, 6.45) is 1.80. The fourth-order valence-electron chi connectivity index (χ4n) is 2.92. The molecule has 3 aromatic carbocycles. The van der Waals surface area contributed by atoms with Crippen LogP contribution >= 0.6 is 23.2 Å². The van der Waals surface area contributed by atoms with Gasteiger partial charge in [0.15, 0.2) is 0 Å². The maximum atomic E-state index is 12.9. The number of anilines is 1. The Labute approximate surface area is 178 Å². The molecule has 0 saturated carbocycles. The van der Waals surface area contributed by atoms with Crippen molar-refractivity contribution in [3.63, 3.8) is 0 Å². The third kappa shape index (κ3) is 4.19. The summed E-state index contributed by atoms with van der Waals surface area (Å²) in [6.45, 7) is 1.79. The van der Waals surface area contributed by atoms with Crippen molar-refractivity contribution in [2.24, 2.45) is 5.10 Å². The summed E-state index contributed by atoms with van der Waals surface area (Å²) in [7, 11) is 0. The zero-order chi connectivity index (χ0) is 20.4. The third-order valence-corrected chi connectivity index (χ3v) is 4.92. The summed E-state index contributed by atoms with van der Waals surface area (Å²) in [5.74, 6) is 1.23. The third-order valence-electron chi connectivity index (χ3n) is 4.37. The van der Waals surface area contributed by atoms with Gasteiger partial charge in [0.05, 0.1) is 22.0 Å². The number of carbonyl (C=O) groups excluding carboxylic acids is 1. The number of rotatable bonds is 4.